The summed E-state index contributed by atoms with van der Waals surface area (Å²) >= 11 is 0. The molecule has 2 nitrogen and oxygen atoms in total. The van der Waals surface area contributed by atoms with Gasteiger partial charge in [-0.15, -0.1) is 0 Å². The van der Waals surface area contributed by atoms with Gasteiger partial charge in [-0.3, -0.25) is 0 Å². The maximum Gasteiger partial charge on any atom is 0.122 e. The van der Waals surface area contributed by atoms with E-state index >= 15 is 0 Å². The lowest BCUT2D eigenvalue weighted by molar-refractivity contribution is 0.171. The van der Waals surface area contributed by atoms with Crippen LogP contribution in [0.1, 0.15) is 49.8 Å². The van der Waals surface area contributed by atoms with E-state index < -0.39 is 0 Å². The standard InChI is InChI=1S/C22H31NO/c1-17-12-13-20(21(16-17)24-6)19(18-10-8-7-9-11-18)14-15-23(5)22(2,3)4/h7-13,16,19H,14-15H2,1-6H3. The molecule has 2 aromatic rings. The van der Waals surface area contributed by atoms with Crippen LogP contribution in [0, 0.1) is 6.92 Å². The van der Waals surface area contributed by atoms with Gasteiger partial charge in [-0.2, -0.15) is 0 Å². The molecule has 1 atom stereocenters. The highest BCUT2D eigenvalue weighted by atomic mass is 16.5. The third-order valence-corrected chi connectivity index (χ3v) is 4.86. The van der Waals surface area contributed by atoms with Crippen LogP contribution in [0.25, 0.3) is 0 Å². The molecular formula is C22H31NO. The molecular weight excluding hydrogens is 294 g/mol. The molecule has 0 heterocycles. The third kappa shape index (κ3) is 4.61. The van der Waals surface area contributed by atoms with Gasteiger partial charge in [0, 0.05) is 17.0 Å². The molecule has 130 valence electrons. The van der Waals surface area contributed by atoms with Crippen LogP contribution in [-0.2, 0) is 0 Å². The molecule has 1 unspecified atom stereocenters. The number of benzene rings is 2. The monoisotopic (exact) mass is 325 g/mol. The lowest BCUT2D eigenvalue weighted by atomic mass is 9.87. The Morgan fingerprint density at radius 1 is 1.04 bits per heavy atom. The summed E-state index contributed by atoms with van der Waals surface area (Å²) in [5, 5.41) is 0. The van der Waals surface area contributed by atoms with Gasteiger partial charge in [0.2, 0.25) is 0 Å². The first-order chi connectivity index (χ1) is 11.3. The van der Waals surface area contributed by atoms with Crippen molar-refractivity contribution in [2.75, 3.05) is 20.7 Å². The van der Waals surface area contributed by atoms with Crippen molar-refractivity contribution in [3.05, 3.63) is 65.2 Å². The summed E-state index contributed by atoms with van der Waals surface area (Å²) in [6.45, 7) is 9.93. The molecule has 0 fully saturated rings. The van der Waals surface area contributed by atoms with E-state index in [-0.39, 0.29) is 5.54 Å². The Morgan fingerprint density at radius 3 is 2.29 bits per heavy atom. The van der Waals surface area contributed by atoms with Gasteiger partial charge in [-0.05, 0) is 64.9 Å². The summed E-state index contributed by atoms with van der Waals surface area (Å²) in [4.78, 5) is 2.42. The smallest absolute Gasteiger partial charge is 0.122 e. The summed E-state index contributed by atoms with van der Waals surface area (Å²) in [5.74, 6) is 1.33. The van der Waals surface area contributed by atoms with E-state index in [1.807, 2.05) is 0 Å². The Bertz CT molecular complexity index is 643. The molecule has 0 aromatic heterocycles. The Morgan fingerprint density at radius 2 is 1.71 bits per heavy atom. The van der Waals surface area contributed by atoms with Crippen molar-refractivity contribution in [3.8, 4) is 5.75 Å². The number of rotatable bonds is 6. The lowest BCUT2D eigenvalue weighted by Gasteiger charge is -2.33. The van der Waals surface area contributed by atoms with E-state index in [1.165, 1.54) is 16.7 Å². The van der Waals surface area contributed by atoms with Crippen molar-refractivity contribution in [3.63, 3.8) is 0 Å². The molecule has 0 spiro atoms. The summed E-state index contributed by atoms with van der Waals surface area (Å²) < 4.78 is 5.69. The molecule has 0 saturated carbocycles. The fourth-order valence-electron chi connectivity index (χ4n) is 2.95. The number of ether oxygens (including phenoxy) is 1. The molecule has 24 heavy (non-hydrogen) atoms. The van der Waals surface area contributed by atoms with Gasteiger partial charge < -0.3 is 9.64 Å². The van der Waals surface area contributed by atoms with Crippen LogP contribution in [0.15, 0.2) is 48.5 Å². The first-order valence-corrected chi connectivity index (χ1v) is 8.73. The first-order valence-electron chi connectivity index (χ1n) is 8.73. The second kappa shape index (κ2) is 7.85. The fraction of sp³-hybridized carbons (Fsp3) is 0.455. The van der Waals surface area contributed by atoms with Crippen LogP contribution in [0.4, 0.5) is 0 Å². The van der Waals surface area contributed by atoms with Crippen LogP contribution in [0.5, 0.6) is 5.75 Å². The normalized spacial score (nSPS) is 13.1. The fourth-order valence-corrected chi connectivity index (χ4v) is 2.95. The Kier molecular flexibility index (Phi) is 6.06. The van der Waals surface area contributed by atoms with E-state index in [1.54, 1.807) is 7.11 Å². The lowest BCUT2D eigenvalue weighted by Crippen LogP contribution is -2.39. The molecule has 0 aliphatic carbocycles. The van der Waals surface area contributed by atoms with Crippen LogP contribution >= 0.6 is 0 Å². The predicted octanol–water partition coefficient (Wildman–Crippen LogP) is 5.26. The van der Waals surface area contributed by atoms with E-state index in [2.05, 4.69) is 88.2 Å². The summed E-state index contributed by atoms with van der Waals surface area (Å²) in [5.41, 5.74) is 4.03. The first kappa shape index (κ1) is 18.5. The van der Waals surface area contributed by atoms with Crippen LogP contribution < -0.4 is 4.74 Å². The van der Waals surface area contributed by atoms with E-state index in [0.29, 0.717) is 5.92 Å². The minimum atomic E-state index is 0.179. The van der Waals surface area contributed by atoms with E-state index in [4.69, 9.17) is 4.74 Å². The molecule has 2 heteroatoms. The Balaban J connectivity index is 2.34. The number of hydrogen-bond donors (Lipinski definition) is 0. The van der Waals surface area contributed by atoms with Crippen LogP contribution in [0.3, 0.4) is 0 Å². The van der Waals surface area contributed by atoms with Gasteiger partial charge >= 0.3 is 0 Å². The quantitative estimate of drug-likeness (QED) is 0.718. The van der Waals surface area contributed by atoms with Gasteiger partial charge in [0.05, 0.1) is 7.11 Å². The molecule has 0 radical (unpaired) electrons. The maximum absolute atomic E-state index is 5.69. The van der Waals surface area contributed by atoms with Crippen molar-refractivity contribution in [2.45, 2.75) is 45.6 Å². The van der Waals surface area contributed by atoms with Crippen molar-refractivity contribution in [1.82, 2.24) is 4.90 Å². The summed E-state index contributed by atoms with van der Waals surface area (Å²) in [7, 11) is 3.97. The highest BCUT2D eigenvalue weighted by molar-refractivity contribution is 5.44. The van der Waals surface area contributed by atoms with Crippen molar-refractivity contribution < 1.29 is 4.74 Å². The molecule has 2 rings (SSSR count). The van der Waals surface area contributed by atoms with Gasteiger partial charge in [0.15, 0.2) is 0 Å². The van der Waals surface area contributed by atoms with E-state index in [0.717, 1.165) is 18.7 Å². The van der Waals surface area contributed by atoms with E-state index in [9.17, 15) is 0 Å². The average molecular weight is 325 g/mol. The highest BCUT2D eigenvalue weighted by Gasteiger charge is 2.22. The average Bonchev–Trinajstić information content (AvgIpc) is 2.55. The van der Waals surface area contributed by atoms with Gasteiger partial charge in [-0.25, -0.2) is 0 Å². The number of hydrogen-bond acceptors (Lipinski definition) is 2. The van der Waals surface area contributed by atoms with Crippen molar-refractivity contribution in [2.24, 2.45) is 0 Å². The summed E-state index contributed by atoms with van der Waals surface area (Å²) in [6, 6.07) is 17.3. The maximum atomic E-state index is 5.69. The SMILES string of the molecule is COc1cc(C)ccc1C(CCN(C)C(C)(C)C)c1ccccc1. The second-order valence-electron chi connectivity index (χ2n) is 7.59. The second-order valence-corrected chi connectivity index (χ2v) is 7.59. The molecule has 2 aromatic carbocycles. The van der Waals surface area contributed by atoms with Crippen molar-refractivity contribution in [1.29, 1.82) is 0 Å². The number of aryl methyl sites for hydroxylation is 1. The van der Waals surface area contributed by atoms with Gasteiger partial charge in [0.1, 0.15) is 5.75 Å². The molecule has 0 N–H and O–H groups in total. The van der Waals surface area contributed by atoms with Crippen LogP contribution in [0.2, 0.25) is 0 Å². The third-order valence-electron chi connectivity index (χ3n) is 4.86. The zero-order valence-electron chi connectivity index (χ0n) is 16.0. The zero-order chi connectivity index (χ0) is 17.7. The Hall–Kier alpha value is -1.80. The van der Waals surface area contributed by atoms with Gasteiger partial charge in [0.25, 0.3) is 0 Å². The topological polar surface area (TPSA) is 12.5 Å². The van der Waals surface area contributed by atoms with Gasteiger partial charge in [-0.1, -0.05) is 42.5 Å². The number of methoxy groups -OCH3 is 1. The number of nitrogens with zero attached hydrogens (tertiary/aromatic N) is 1. The summed E-state index contributed by atoms with van der Waals surface area (Å²) in [6.07, 6.45) is 1.07. The zero-order valence-corrected chi connectivity index (χ0v) is 16.0. The molecule has 0 aliphatic heterocycles. The van der Waals surface area contributed by atoms with Crippen LogP contribution in [-0.4, -0.2) is 31.1 Å². The van der Waals surface area contributed by atoms with Crippen molar-refractivity contribution >= 4 is 0 Å². The highest BCUT2D eigenvalue weighted by Crippen LogP contribution is 2.35. The minimum Gasteiger partial charge on any atom is -0.496 e. The molecule has 0 bridgehead atoms. The predicted molar refractivity (Wildman–Crippen MR) is 103 cm³/mol. The minimum absolute atomic E-state index is 0.179. The molecule has 0 saturated heterocycles. The Labute approximate surface area is 147 Å². The largest absolute Gasteiger partial charge is 0.496 e. The molecule has 0 amide bonds. The molecule has 0 aliphatic rings.